The number of aromatic nitrogens is 2. The second-order valence-corrected chi connectivity index (χ2v) is 8.45. The number of halogens is 6. The van der Waals surface area contributed by atoms with Gasteiger partial charge in [-0.3, -0.25) is 9.59 Å². The number of anilines is 1. The molecule has 1 aromatic heterocycles. The summed E-state index contributed by atoms with van der Waals surface area (Å²) in [6, 6.07) is 11.4. The van der Waals surface area contributed by atoms with E-state index in [1.54, 1.807) is 11.5 Å². The van der Waals surface area contributed by atoms with Crippen molar-refractivity contribution < 1.29 is 35.9 Å². The molecule has 13 heteroatoms. The normalized spacial score (nSPS) is 12.0. The molecule has 204 valence electrons. The van der Waals surface area contributed by atoms with E-state index < -0.39 is 47.4 Å². The molecular weight excluding hydrogens is 528 g/mol. The van der Waals surface area contributed by atoms with Crippen molar-refractivity contribution in [2.24, 2.45) is 5.84 Å². The van der Waals surface area contributed by atoms with Crippen molar-refractivity contribution in [2.45, 2.75) is 32.4 Å². The van der Waals surface area contributed by atoms with Gasteiger partial charge in [0.25, 0.3) is 11.8 Å². The number of nitrogens with zero attached hydrogens (tertiary/aromatic N) is 3. The number of alkyl halides is 6. The number of hydrogen-bond acceptors (Lipinski definition) is 4. The number of aryl methyl sites for hydroxylation is 1. The van der Waals surface area contributed by atoms with Crippen LogP contribution >= 0.6 is 0 Å². The van der Waals surface area contributed by atoms with Gasteiger partial charge >= 0.3 is 12.4 Å². The van der Waals surface area contributed by atoms with Crippen molar-refractivity contribution in [3.63, 3.8) is 0 Å². The summed E-state index contributed by atoms with van der Waals surface area (Å²) in [5.74, 6) is 3.96. The summed E-state index contributed by atoms with van der Waals surface area (Å²) in [5, 5.41) is 2.90. The second kappa shape index (κ2) is 10.4. The predicted octanol–water partition coefficient (Wildman–Crippen LogP) is 5.54. The molecule has 4 rings (SSSR count). The number of nitrogens with one attached hydrogen (secondary N) is 1. The van der Waals surface area contributed by atoms with Gasteiger partial charge in [-0.25, -0.2) is 15.8 Å². The molecule has 3 aromatic carbocycles. The molecule has 39 heavy (non-hydrogen) atoms. The van der Waals surface area contributed by atoms with Crippen LogP contribution in [0.3, 0.4) is 0 Å². The van der Waals surface area contributed by atoms with E-state index in [1.165, 1.54) is 36.7 Å². The number of nitrogens with two attached hydrogens (primary N) is 1. The van der Waals surface area contributed by atoms with Crippen molar-refractivity contribution in [1.29, 1.82) is 0 Å². The molecule has 0 atom stereocenters. The molecule has 7 nitrogen and oxygen atoms in total. The zero-order valence-corrected chi connectivity index (χ0v) is 20.3. The number of benzene rings is 3. The van der Waals surface area contributed by atoms with Crippen molar-refractivity contribution >= 4 is 28.5 Å². The Morgan fingerprint density at radius 2 is 1.54 bits per heavy atom. The fraction of sp³-hybridized carbons (Fsp3) is 0.192. The molecule has 1 heterocycles. The molecule has 0 fully saturated rings. The lowest BCUT2D eigenvalue weighted by Gasteiger charge is -2.20. The molecule has 0 bridgehead atoms. The van der Waals surface area contributed by atoms with Crippen LogP contribution in [0.5, 0.6) is 0 Å². The molecular formula is C26H21F6N5O2. The lowest BCUT2D eigenvalue weighted by molar-refractivity contribution is -0.138. The summed E-state index contributed by atoms with van der Waals surface area (Å²) in [6.07, 6.45) is -8.05. The highest BCUT2D eigenvalue weighted by Crippen LogP contribution is 2.34. The minimum atomic E-state index is -4.82. The van der Waals surface area contributed by atoms with E-state index in [4.69, 9.17) is 5.84 Å². The van der Waals surface area contributed by atoms with E-state index in [-0.39, 0.29) is 22.3 Å². The summed E-state index contributed by atoms with van der Waals surface area (Å²) in [5.41, 5.74) is -2.74. The maximum absolute atomic E-state index is 13.5. The van der Waals surface area contributed by atoms with Crippen molar-refractivity contribution in [3.8, 4) is 0 Å². The lowest BCUT2D eigenvalue weighted by atomic mass is 10.1. The van der Waals surface area contributed by atoms with Crippen molar-refractivity contribution in [3.05, 3.63) is 94.8 Å². The van der Waals surface area contributed by atoms with E-state index in [0.717, 1.165) is 30.3 Å². The zero-order chi connectivity index (χ0) is 28.5. The van der Waals surface area contributed by atoms with Gasteiger partial charge in [0, 0.05) is 13.1 Å². The monoisotopic (exact) mass is 549 g/mol. The number of imidazole rings is 1. The van der Waals surface area contributed by atoms with Crippen molar-refractivity contribution in [1.82, 2.24) is 14.9 Å². The van der Waals surface area contributed by atoms with Gasteiger partial charge in [0.05, 0.1) is 39.8 Å². The highest BCUT2D eigenvalue weighted by Gasteiger charge is 2.36. The topological polar surface area (TPSA) is 93.2 Å². The summed E-state index contributed by atoms with van der Waals surface area (Å²) in [7, 11) is 0. The first-order chi connectivity index (χ1) is 18.3. The van der Waals surface area contributed by atoms with E-state index >= 15 is 0 Å². The smallest absolute Gasteiger partial charge is 0.348 e. The molecule has 4 aromatic rings. The SMILES string of the molecule is CCn1cnc2c(C(=O)NCc3ccccc3C(F)(F)F)cc(N(N)C(=O)c3ccccc3C(F)(F)F)cc21. The van der Waals surface area contributed by atoms with Gasteiger partial charge in [0.15, 0.2) is 0 Å². The van der Waals surface area contributed by atoms with Gasteiger partial charge in [-0.15, -0.1) is 0 Å². The van der Waals surface area contributed by atoms with Crippen LogP contribution in [0.25, 0.3) is 11.0 Å². The average molecular weight is 549 g/mol. The third-order valence-electron chi connectivity index (χ3n) is 6.02. The molecule has 0 aliphatic carbocycles. The van der Waals surface area contributed by atoms with E-state index in [1.807, 2.05) is 0 Å². The Balaban J connectivity index is 1.72. The molecule has 0 aliphatic heterocycles. The van der Waals surface area contributed by atoms with Crippen LogP contribution in [0.2, 0.25) is 0 Å². The number of fused-ring (bicyclic) bond motifs is 1. The fourth-order valence-corrected chi connectivity index (χ4v) is 4.10. The summed E-state index contributed by atoms with van der Waals surface area (Å²) in [4.78, 5) is 30.4. The minimum Gasteiger partial charge on any atom is -0.348 e. The largest absolute Gasteiger partial charge is 0.417 e. The highest BCUT2D eigenvalue weighted by molar-refractivity contribution is 6.10. The lowest BCUT2D eigenvalue weighted by Crippen LogP contribution is -2.38. The fourth-order valence-electron chi connectivity index (χ4n) is 4.10. The van der Waals surface area contributed by atoms with Gasteiger partial charge in [0.1, 0.15) is 5.52 Å². The van der Waals surface area contributed by atoms with Crippen LogP contribution in [0.1, 0.15) is 44.3 Å². The molecule has 2 amide bonds. The number of carbonyl (C=O) groups excluding carboxylic acids is 2. The predicted molar refractivity (Wildman–Crippen MR) is 130 cm³/mol. The van der Waals surface area contributed by atoms with Crippen LogP contribution in [-0.2, 0) is 25.4 Å². The number of carbonyl (C=O) groups is 2. The number of amides is 2. The Bertz CT molecular complexity index is 1540. The Labute approximate surface area is 217 Å². The number of hydrazine groups is 1. The Morgan fingerprint density at radius 1 is 0.923 bits per heavy atom. The second-order valence-electron chi connectivity index (χ2n) is 8.45. The molecule has 0 aliphatic rings. The maximum Gasteiger partial charge on any atom is 0.417 e. The van der Waals surface area contributed by atoms with Crippen LogP contribution in [-0.4, -0.2) is 21.4 Å². The molecule has 0 saturated carbocycles. The Kier molecular flexibility index (Phi) is 7.37. The highest BCUT2D eigenvalue weighted by atomic mass is 19.4. The maximum atomic E-state index is 13.5. The molecule has 0 saturated heterocycles. The Hall–Kier alpha value is -4.39. The Morgan fingerprint density at radius 3 is 2.18 bits per heavy atom. The van der Waals surface area contributed by atoms with Gasteiger partial charge in [-0.2, -0.15) is 26.3 Å². The summed E-state index contributed by atoms with van der Waals surface area (Å²) < 4.78 is 82.2. The third-order valence-corrected chi connectivity index (χ3v) is 6.02. The van der Waals surface area contributed by atoms with Crippen molar-refractivity contribution in [2.75, 3.05) is 5.01 Å². The van der Waals surface area contributed by atoms with Gasteiger partial charge in [-0.1, -0.05) is 30.3 Å². The average Bonchev–Trinajstić information content (AvgIpc) is 3.32. The first kappa shape index (κ1) is 27.6. The first-order valence-corrected chi connectivity index (χ1v) is 11.5. The van der Waals surface area contributed by atoms with Crippen LogP contribution in [0.15, 0.2) is 67.0 Å². The van der Waals surface area contributed by atoms with Crippen LogP contribution in [0.4, 0.5) is 32.0 Å². The summed E-state index contributed by atoms with van der Waals surface area (Å²) in [6.45, 7) is 1.68. The number of rotatable bonds is 6. The standard InChI is InChI=1S/C26H21F6N5O2/c1-2-36-14-35-22-18(23(38)34-13-15-7-3-5-9-19(15)25(27,28)29)11-16(12-21(22)36)37(33)24(39)17-8-4-6-10-20(17)26(30,31)32/h3-12,14H,2,13,33H2,1H3,(H,34,38). The van der Waals surface area contributed by atoms with E-state index in [9.17, 15) is 35.9 Å². The molecule has 0 unspecified atom stereocenters. The molecule has 0 spiro atoms. The van der Waals surface area contributed by atoms with E-state index in [0.29, 0.717) is 17.1 Å². The molecule has 0 radical (unpaired) electrons. The quantitative estimate of drug-likeness (QED) is 0.143. The van der Waals surface area contributed by atoms with Gasteiger partial charge in [0.2, 0.25) is 0 Å². The first-order valence-electron chi connectivity index (χ1n) is 11.5. The third kappa shape index (κ3) is 5.58. The number of hydrogen-bond donors (Lipinski definition) is 2. The minimum absolute atomic E-state index is 0.125. The van der Waals surface area contributed by atoms with Crippen LogP contribution < -0.4 is 16.2 Å². The van der Waals surface area contributed by atoms with E-state index in [2.05, 4.69) is 10.3 Å². The van der Waals surface area contributed by atoms with Gasteiger partial charge < -0.3 is 9.88 Å². The van der Waals surface area contributed by atoms with Crippen LogP contribution in [0, 0.1) is 0 Å². The molecule has 3 N–H and O–H groups in total. The summed E-state index contributed by atoms with van der Waals surface area (Å²) >= 11 is 0. The van der Waals surface area contributed by atoms with Gasteiger partial charge in [-0.05, 0) is 42.8 Å². The zero-order valence-electron chi connectivity index (χ0n) is 20.3.